The summed E-state index contributed by atoms with van der Waals surface area (Å²) >= 11 is 1.48. The van der Waals surface area contributed by atoms with Crippen molar-refractivity contribution in [3.05, 3.63) is 77.6 Å². The van der Waals surface area contributed by atoms with Crippen LogP contribution in [0.4, 0.5) is 19.6 Å². The van der Waals surface area contributed by atoms with Crippen molar-refractivity contribution in [1.82, 2.24) is 38.7 Å². The van der Waals surface area contributed by atoms with E-state index in [2.05, 4.69) is 47.4 Å². The predicted molar refractivity (Wildman–Crippen MR) is 158 cm³/mol. The zero-order valence-electron chi connectivity index (χ0n) is 23.6. The average Bonchev–Trinajstić information content (AvgIpc) is 3.74. The van der Waals surface area contributed by atoms with E-state index in [-0.39, 0.29) is 6.54 Å². The zero-order valence-corrected chi connectivity index (χ0v) is 24.4. The number of rotatable bonds is 9. The number of imidazole rings is 1. The van der Waals surface area contributed by atoms with Gasteiger partial charge in [0, 0.05) is 37.6 Å². The number of benzene rings is 1. The van der Waals surface area contributed by atoms with Crippen molar-refractivity contribution < 1.29 is 13.6 Å². The van der Waals surface area contributed by atoms with Gasteiger partial charge in [-0.1, -0.05) is 12.5 Å². The number of hydrogen-bond donors (Lipinski definition) is 2. The Hall–Kier alpha value is -4.23. The molecule has 0 radical (unpaired) electrons. The van der Waals surface area contributed by atoms with Gasteiger partial charge >= 0.3 is 0 Å². The molecule has 0 bridgehead atoms. The van der Waals surface area contributed by atoms with Gasteiger partial charge in [0.1, 0.15) is 5.00 Å². The molecule has 0 aliphatic carbocycles. The molecular formula is C29H33F2N9OS. The first-order chi connectivity index (χ1) is 20.4. The highest BCUT2D eigenvalue weighted by atomic mass is 32.1. The molecule has 1 aliphatic rings. The van der Waals surface area contributed by atoms with E-state index < -0.39 is 11.6 Å². The topological polar surface area (TPSA) is 105 Å². The molecule has 1 aliphatic heterocycles. The molecule has 42 heavy (non-hydrogen) atoms. The lowest BCUT2D eigenvalue weighted by Gasteiger charge is -2.25. The fourth-order valence-corrected chi connectivity index (χ4v) is 5.45. The summed E-state index contributed by atoms with van der Waals surface area (Å²) in [5.74, 6) is -1.04. The minimum atomic E-state index is -0.903. The third-order valence-electron chi connectivity index (χ3n) is 6.87. The fraction of sp³-hybridized carbons (Fsp3) is 0.345. The number of carbonyl (C=O) groups excluding carboxylic acids is 1. The van der Waals surface area contributed by atoms with Gasteiger partial charge in [-0.2, -0.15) is 9.47 Å². The molecule has 5 aromatic rings. The lowest BCUT2D eigenvalue weighted by molar-refractivity contribution is -0.109. The van der Waals surface area contributed by atoms with Crippen molar-refractivity contribution in [3.8, 4) is 11.3 Å². The summed E-state index contributed by atoms with van der Waals surface area (Å²) in [6.45, 7) is 8.39. The third-order valence-corrected chi connectivity index (χ3v) is 7.62. The number of aryl methyl sites for hydroxylation is 2. The molecule has 0 unspecified atom stereocenters. The van der Waals surface area contributed by atoms with Gasteiger partial charge in [-0.3, -0.25) is 18.8 Å². The van der Waals surface area contributed by atoms with Crippen LogP contribution < -0.4 is 10.6 Å². The van der Waals surface area contributed by atoms with Gasteiger partial charge in [-0.05, 0) is 75.1 Å². The Morgan fingerprint density at radius 3 is 2.64 bits per heavy atom. The van der Waals surface area contributed by atoms with E-state index in [1.165, 1.54) is 50.0 Å². The summed E-state index contributed by atoms with van der Waals surface area (Å²) < 4.78 is 33.5. The van der Waals surface area contributed by atoms with Crippen LogP contribution in [0, 0.1) is 18.6 Å². The number of fused-ring (bicyclic) bond motifs is 1. The van der Waals surface area contributed by atoms with Crippen molar-refractivity contribution in [3.63, 3.8) is 0 Å². The molecule has 220 valence electrons. The largest absolute Gasteiger partial charge is 0.355 e. The van der Waals surface area contributed by atoms with Crippen LogP contribution >= 0.6 is 11.5 Å². The number of nitrogens with one attached hydrogen (secondary N) is 2. The second-order valence-corrected chi connectivity index (χ2v) is 10.8. The van der Waals surface area contributed by atoms with E-state index >= 15 is 0 Å². The Morgan fingerprint density at radius 2 is 1.90 bits per heavy atom. The molecule has 0 atom stereocenters. The van der Waals surface area contributed by atoms with Crippen molar-refractivity contribution in [2.75, 3.05) is 18.4 Å². The van der Waals surface area contributed by atoms with Crippen molar-refractivity contribution in [2.24, 2.45) is 0 Å². The van der Waals surface area contributed by atoms with E-state index in [0.29, 0.717) is 12.0 Å². The van der Waals surface area contributed by atoms with Crippen LogP contribution in [-0.2, 0) is 24.4 Å². The molecule has 13 heteroatoms. The monoisotopic (exact) mass is 593 g/mol. The van der Waals surface area contributed by atoms with Crippen LogP contribution in [0.25, 0.3) is 16.9 Å². The number of nitrogens with zero attached hydrogens (tertiary/aromatic N) is 7. The molecule has 6 rings (SSSR count). The van der Waals surface area contributed by atoms with Crippen molar-refractivity contribution in [2.45, 2.75) is 52.7 Å². The number of piperidine rings is 1. The van der Waals surface area contributed by atoms with Crippen LogP contribution in [0.15, 0.2) is 49.1 Å². The van der Waals surface area contributed by atoms with Gasteiger partial charge < -0.3 is 10.6 Å². The highest BCUT2D eigenvalue weighted by Gasteiger charge is 2.16. The number of amides is 1. The van der Waals surface area contributed by atoms with Crippen LogP contribution in [0.1, 0.15) is 43.1 Å². The first kappa shape index (κ1) is 29.3. The van der Waals surface area contributed by atoms with Crippen LogP contribution in [-0.4, -0.2) is 52.9 Å². The molecule has 5 heterocycles. The van der Waals surface area contributed by atoms with Gasteiger partial charge in [0.2, 0.25) is 6.41 Å². The number of halogens is 2. The molecule has 1 aromatic carbocycles. The Bertz CT molecular complexity index is 1640. The van der Waals surface area contributed by atoms with Gasteiger partial charge in [-0.15, -0.1) is 0 Å². The summed E-state index contributed by atoms with van der Waals surface area (Å²) in [7, 11) is 0. The molecule has 0 spiro atoms. The highest BCUT2D eigenvalue weighted by molar-refractivity contribution is 7.10. The van der Waals surface area contributed by atoms with Gasteiger partial charge in [0.25, 0.3) is 0 Å². The second kappa shape index (κ2) is 13.6. The van der Waals surface area contributed by atoms with Crippen molar-refractivity contribution in [1.29, 1.82) is 0 Å². The fourth-order valence-electron chi connectivity index (χ4n) is 4.79. The second-order valence-electron chi connectivity index (χ2n) is 10.0. The molecule has 1 amide bonds. The molecule has 0 saturated carbocycles. The summed E-state index contributed by atoms with van der Waals surface area (Å²) in [5.41, 5.74) is 5.41. The Kier molecular flexibility index (Phi) is 9.49. The van der Waals surface area contributed by atoms with Crippen LogP contribution in [0.3, 0.4) is 0 Å². The highest BCUT2D eigenvalue weighted by Crippen LogP contribution is 2.28. The van der Waals surface area contributed by atoms with E-state index in [1.807, 2.05) is 36.4 Å². The average molecular weight is 594 g/mol. The summed E-state index contributed by atoms with van der Waals surface area (Å²) in [6, 6.07) is 5.62. The molecule has 4 aromatic heterocycles. The standard InChI is InChI=1S/C21H26N8S.C8H7F2NO/c1-3-28-13-16(10-23-28)18-11-22-21-20(24-15(2)12-29(18)21)25-19-9-17(26-30-19)14-27-7-5-4-6-8-27;9-7-2-1-6(3-8(7)10)4-11-5-12/h9-13H,3-8,14H2,1-2H3,(H,24,25);1-3,5H,4H2,(H,11,12). The van der Waals surface area contributed by atoms with Gasteiger partial charge in [0.15, 0.2) is 23.1 Å². The molecule has 1 fully saturated rings. The minimum Gasteiger partial charge on any atom is -0.355 e. The Balaban J connectivity index is 0.000000248. The van der Waals surface area contributed by atoms with Crippen molar-refractivity contribution >= 4 is 34.4 Å². The maximum atomic E-state index is 12.5. The summed E-state index contributed by atoms with van der Waals surface area (Å²) in [4.78, 5) is 21.7. The SMILES string of the molecule is CCn1cc(-c2cnc3c(Nc4cc(CN5CCCCC5)ns4)nc(C)cn23)cn1.O=CNCc1ccc(F)c(F)c1. The third kappa shape index (κ3) is 7.15. The van der Waals surface area contributed by atoms with E-state index in [1.54, 1.807) is 0 Å². The lowest BCUT2D eigenvalue weighted by Crippen LogP contribution is -2.29. The number of hydrogen-bond acceptors (Lipinski definition) is 8. The lowest BCUT2D eigenvalue weighted by atomic mass is 10.1. The summed E-state index contributed by atoms with van der Waals surface area (Å²) in [5, 5.41) is 11.2. The first-order valence-electron chi connectivity index (χ1n) is 13.9. The van der Waals surface area contributed by atoms with E-state index in [4.69, 9.17) is 4.98 Å². The first-order valence-corrected chi connectivity index (χ1v) is 14.6. The number of aromatic nitrogens is 6. The van der Waals surface area contributed by atoms with E-state index in [9.17, 15) is 13.6 Å². The summed E-state index contributed by atoms with van der Waals surface area (Å²) in [6.07, 6.45) is 12.3. The van der Waals surface area contributed by atoms with Gasteiger partial charge in [-0.25, -0.2) is 18.7 Å². The number of likely N-dealkylation sites (tertiary alicyclic amines) is 1. The Labute approximate surface area is 246 Å². The maximum Gasteiger partial charge on any atom is 0.207 e. The van der Waals surface area contributed by atoms with E-state index in [0.717, 1.165) is 64.3 Å². The smallest absolute Gasteiger partial charge is 0.207 e. The zero-order chi connectivity index (χ0) is 29.5. The molecule has 1 saturated heterocycles. The molecule has 2 N–H and O–H groups in total. The quantitative estimate of drug-likeness (QED) is 0.223. The molecule has 10 nitrogen and oxygen atoms in total. The van der Waals surface area contributed by atoms with Crippen LogP contribution in [0.2, 0.25) is 0 Å². The van der Waals surface area contributed by atoms with Gasteiger partial charge in [0.05, 0.1) is 29.5 Å². The maximum absolute atomic E-state index is 12.5. The predicted octanol–water partition coefficient (Wildman–Crippen LogP) is 5.32. The number of anilines is 2. The molecular weight excluding hydrogens is 560 g/mol. The van der Waals surface area contributed by atoms with Crippen LogP contribution in [0.5, 0.6) is 0 Å². The minimum absolute atomic E-state index is 0.209. The number of carbonyl (C=O) groups is 1. The Morgan fingerprint density at radius 1 is 1.07 bits per heavy atom. The normalized spacial score (nSPS) is 13.5.